The molecule has 0 bridgehead atoms. The van der Waals surface area contributed by atoms with E-state index in [4.69, 9.17) is 15.2 Å². The Hall–Kier alpha value is -1.52. The van der Waals surface area contributed by atoms with Gasteiger partial charge in [-0.25, -0.2) is 0 Å². The van der Waals surface area contributed by atoms with E-state index in [9.17, 15) is 0 Å². The molecule has 1 heterocycles. The molecule has 0 aliphatic rings. The van der Waals surface area contributed by atoms with Crippen molar-refractivity contribution in [1.29, 1.82) is 0 Å². The summed E-state index contributed by atoms with van der Waals surface area (Å²) in [6.45, 7) is 5.87. The third-order valence-corrected chi connectivity index (χ3v) is 4.25. The summed E-state index contributed by atoms with van der Waals surface area (Å²) < 4.78 is 11.4. The highest BCUT2D eigenvalue weighted by atomic mass is 32.1. The first-order valence-electron chi connectivity index (χ1n) is 7.40. The van der Waals surface area contributed by atoms with Gasteiger partial charge in [-0.2, -0.15) is 0 Å². The summed E-state index contributed by atoms with van der Waals surface area (Å²) in [5.74, 6) is 1.99. The van der Waals surface area contributed by atoms with E-state index in [1.165, 1.54) is 4.88 Å². The molecule has 1 atom stereocenters. The monoisotopic (exact) mass is 305 g/mol. The van der Waals surface area contributed by atoms with E-state index >= 15 is 0 Å². The number of hydrogen-bond donors (Lipinski definition) is 1. The van der Waals surface area contributed by atoms with Crippen LogP contribution in [0.5, 0.6) is 11.5 Å². The summed E-state index contributed by atoms with van der Waals surface area (Å²) in [6, 6.07) is 10.3. The van der Waals surface area contributed by atoms with Crippen molar-refractivity contribution < 1.29 is 9.47 Å². The zero-order valence-electron chi connectivity index (χ0n) is 12.7. The molecule has 114 valence electrons. The molecule has 21 heavy (non-hydrogen) atoms. The SMILES string of the molecule is CCOc1ccc(C(CN)Cc2cccs2)c(OCC)c1. The Morgan fingerprint density at radius 2 is 1.95 bits per heavy atom. The molecule has 0 aliphatic heterocycles. The standard InChI is InChI=1S/C17H23NO2S/c1-3-19-14-7-8-16(17(11-14)20-4-2)13(12-18)10-15-6-5-9-21-15/h5-9,11,13H,3-4,10,12,18H2,1-2H3. The van der Waals surface area contributed by atoms with Crippen LogP contribution in [-0.4, -0.2) is 19.8 Å². The molecule has 0 amide bonds. The van der Waals surface area contributed by atoms with Crippen LogP contribution >= 0.6 is 11.3 Å². The highest BCUT2D eigenvalue weighted by Crippen LogP contribution is 2.33. The number of hydrogen-bond acceptors (Lipinski definition) is 4. The molecular formula is C17H23NO2S. The fraction of sp³-hybridized carbons (Fsp3) is 0.412. The maximum atomic E-state index is 6.00. The maximum absolute atomic E-state index is 6.00. The van der Waals surface area contributed by atoms with E-state index < -0.39 is 0 Å². The maximum Gasteiger partial charge on any atom is 0.126 e. The molecule has 0 spiro atoms. The van der Waals surface area contributed by atoms with Crippen molar-refractivity contribution in [3.05, 3.63) is 46.2 Å². The molecule has 1 aromatic heterocycles. The largest absolute Gasteiger partial charge is 0.494 e. The van der Waals surface area contributed by atoms with Crippen molar-refractivity contribution in [2.45, 2.75) is 26.2 Å². The van der Waals surface area contributed by atoms with Gasteiger partial charge in [0.1, 0.15) is 11.5 Å². The molecule has 0 aliphatic carbocycles. The van der Waals surface area contributed by atoms with E-state index in [2.05, 4.69) is 23.6 Å². The van der Waals surface area contributed by atoms with Gasteiger partial charge in [-0.3, -0.25) is 0 Å². The fourth-order valence-electron chi connectivity index (χ4n) is 2.38. The Morgan fingerprint density at radius 1 is 1.14 bits per heavy atom. The average Bonchev–Trinajstić information content (AvgIpc) is 2.99. The van der Waals surface area contributed by atoms with Crippen LogP contribution in [0.4, 0.5) is 0 Å². The van der Waals surface area contributed by atoms with Gasteiger partial charge in [-0.1, -0.05) is 12.1 Å². The van der Waals surface area contributed by atoms with Crippen LogP contribution in [0.25, 0.3) is 0 Å². The van der Waals surface area contributed by atoms with Gasteiger partial charge in [0, 0.05) is 16.9 Å². The minimum Gasteiger partial charge on any atom is -0.494 e. The van der Waals surface area contributed by atoms with E-state index in [1.54, 1.807) is 11.3 Å². The molecule has 0 radical (unpaired) electrons. The Balaban J connectivity index is 2.25. The minimum atomic E-state index is 0.265. The lowest BCUT2D eigenvalue weighted by molar-refractivity contribution is 0.319. The molecular weight excluding hydrogens is 282 g/mol. The van der Waals surface area contributed by atoms with Crippen molar-refractivity contribution in [2.24, 2.45) is 5.73 Å². The number of benzene rings is 1. The number of rotatable bonds is 8. The van der Waals surface area contributed by atoms with Gasteiger partial charge < -0.3 is 15.2 Å². The van der Waals surface area contributed by atoms with Gasteiger partial charge in [0.15, 0.2) is 0 Å². The molecule has 0 fully saturated rings. The topological polar surface area (TPSA) is 44.5 Å². The zero-order chi connectivity index (χ0) is 15.1. The molecule has 2 N–H and O–H groups in total. The highest BCUT2D eigenvalue weighted by Gasteiger charge is 2.17. The van der Waals surface area contributed by atoms with Crippen LogP contribution in [-0.2, 0) is 6.42 Å². The fourth-order valence-corrected chi connectivity index (χ4v) is 3.17. The number of thiophene rings is 1. The average molecular weight is 305 g/mol. The smallest absolute Gasteiger partial charge is 0.126 e. The predicted molar refractivity (Wildman–Crippen MR) is 88.6 cm³/mol. The summed E-state index contributed by atoms with van der Waals surface area (Å²) in [5.41, 5.74) is 7.16. The number of nitrogens with two attached hydrogens (primary N) is 1. The van der Waals surface area contributed by atoms with Gasteiger partial charge in [0.05, 0.1) is 13.2 Å². The van der Waals surface area contributed by atoms with Crippen molar-refractivity contribution in [3.8, 4) is 11.5 Å². The molecule has 1 unspecified atom stereocenters. The highest BCUT2D eigenvalue weighted by molar-refractivity contribution is 7.09. The summed E-state index contributed by atoms with van der Waals surface area (Å²) in [7, 11) is 0. The second-order valence-electron chi connectivity index (χ2n) is 4.78. The van der Waals surface area contributed by atoms with Crippen LogP contribution in [0.1, 0.15) is 30.2 Å². The Morgan fingerprint density at radius 3 is 2.57 bits per heavy atom. The van der Waals surface area contributed by atoms with Crippen LogP contribution in [0.2, 0.25) is 0 Å². The molecule has 4 heteroatoms. The van der Waals surface area contributed by atoms with E-state index in [-0.39, 0.29) is 5.92 Å². The molecule has 0 saturated heterocycles. The number of ether oxygens (including phenoxy) is 2. The zero-order valence-corrected chi connectivity index (χ0v) is 13.5. The molecule has 2 rings (SSSR count). The second-order valence-corrected chi connectivity index (χ2v) is 5.81. The molecule has 3 nitrogen and oxygen atoms in total. The van der Waals surface area contributed by atoms with Crippen LogP contribution in [0.3, 0.4) is 0 Å². The van der Waals surface area contributed by atoms with Crippen molar-refractivity contribution in [3.63, 3.8) is 0 Å². The van der Waals surface area contributed by atoms with E-state index in [0.717, 1.165) is 23.5 Å². The van der Waals surface area contributed by atoms with E-state index in [1.807, 2.05) is 26.0 Å². The first-order chi connectivity index (χ1) is 10.3. The summed E-state index contributed by atoms with van der Waals surface area (Å²) in [4.78, 5) is 1.35. The third-order valence-electron chi connectivity index (χ3n) is 3.35. The van der Waals surface area contributed by atoms with Crippen LogP contribution in [0.15, 0.2) is 35.7 Å². The van der Waals surface area contributed by atoms with E-state index in [0.29, 0.717) is 19.8 Å². The lowest BCUT2D eigenvalue weighted by Crippen LogP contribution is -2.16. The van der Waals surface area contributed by atoms with Gasteiger partial charge in [-0.15, -0.1) is 11.3 Å². The summed E-state index contributed by atoms with van der Waals surface area (Å²) in [5, 5.41) is 2.10. The third kappa shape index (κ3) is 4.22. The lowest BCUT2D eigenvalue weighted by Gasteiger charge is -2.19. The molecule has 0 saturated carbocycles. The minimum absolute atomic E-state index is 0.265. The van der Waals surface area contributed by atoms with Crippen LogP contribution in [0, 0.1) is 0 Å². The van der Waals surface area contributed by atoms with Gasteiger partial charge >= 0.3 is 0 Å². The molecule has 2 aromatic rings. The van der Waals surface area contributed by atoms with Crippen molar-refractivity contribution in [2.75, 3.05) is 19.8 Å². The Kier molecular flexibility index (Phi) is 6.08. The first-order valence-corrected chi connectivity index (χ1v) is 8.28. The molecule has 1 aromatic carbocycles. The van der Waals surface area contributed by atoms with Crippen molar-refractivity contribution >= 4 is 11.3 Å². The quantitative estimate of drug-likeness (QED) is 0.806. The Bertz CT molecular complexity index is 540. The van der Waals surface area contributed by atoms with Gasteiger partial charge in [0.25, 0.3) is 0 Å². The van der Waals surface area contributed by atoms with Gasteiger partial charge in [-0.05, 0) is 49.9 Å². The Labute approximate surface area is 130 Å². The summed E-state index contributed by atoms with van der Waals surface area (Å²) >= 11 is 1.77. The predicted octanol–water partition coefficient (Wildman–Crippen LogP) is 3.83. The van der Waals surface area contributed by atoms with Crippen molar-refractivity contribution in [1.82, 2.24) is 0 Å². The second kappa shape index (κ2) is 8.05. The normalized spacial score (nSPS) is 12.1. The van der Waals surface area contributed by atoms with Crippen LogP contribution < -0.4 is 15.2 Å². The van der Waals surface area contributed by atoms with Gasteiger partial charge in [0.2, 0.25) is 0 Å². The first kappa shape index (κ1) is 15.9. The summed E-state index contributed by atoms with van der Waals surface area (Å²) in [6.07, 6.45) is 0.947. The lowest BCUT2D eigenvalue weighted by atomic mass is 9.94.